The molecule has 0 radical (unpaired) electrons. The van der Waals surface area contributed by atoms with Crippen LogP contribution in [0.2, 0.25) is 0 Å². The molecule has 4 heterocycles. The van der Waals surface area contributed by atoms with Crippen LogP contribution in [0.5, 0.6) is 0 Å². The fourth-order valence-electron chi connectivity index (χ4n) is 4.78. The zero-order chi connectivity index (χ0) is 21.8. The summed E-state index contributed by atoms with van der Waals surface area (Å²) in [4.78, 5) is 25.8. The Morgan fingerprint density at radius 2 is 2.00 bits per heavy atom. The number of halogens is 1. The van der Waals surface area contributed by atoms with Crippen LogP contribution in [0.4, 0.5) is 4.39 Å². The third-order valence-electron chi connectivity index (χ3n) is 6.28. The first-order chi connectivity index (χ1) is 15.6. The van der Waals surface area contributed by atoms with Gasteiger partial charge < -0.3 is 4.90 Å². The van der Waals surface area contributed by atoms with Gasteiger partial charge in [0.05, 0.1) is 28.3 Å². The molecule has 0 spiro atoms. The Bertz CT molecular complexity index is 1380. The molecule has 9 heteroatoms. The molecule has 2 aliphatic rings. The minimum atomic E-state index is -0.564. The molecule has 0 N–H and O–H groups in total. The molecule has 2 atom stereocenters. The highest BCUT2D eigenvalue weighted by Gasteiger charge is 2.40. The van der Waals surface area contributed by atoms with Crippen LogP contribution in [0.3, 0.4) is 0 Å². The van der Waals surface area contributed by atoms with Gasteiger partial charge in [0.25, 0.3) is 5.91 Å². The van der Waals surface area contributed by atoms with Crippen molar-refractivity contribution >= 4 is 33.0 Å². The maximum absolute atomic E-state index is 14.7. The Labute approximate surface area is 187 Å². The first-order valence-electron chi connectivity index (χ1n) is 10.5. The van der Waals surface area contributed by atoms with Crippen molar-refractivity contribution in [1.82, 2.24) is 29.9 Å². The van der Waals surface area contributed by atoms with Gasteiger partial charge in [-0.25, -0.2) is 14.4 Å². The number of aryl methyl sites for hydroxylation is 1. The lowest BCUT2D eigenvalue weighted by molar-refractivity contribution is 0.0780. The number of rotatable bonds is 3. The molecule has 160 valence electrons. The summed E-state index contributed by atoms with van der Waals surface area (Å²) < 4.78 is 15.8. The number of fused-ring (bicyclic) bond motifs is 2. The van der Waals surface area contributed by atoms with Crippen molar-refractivity contribution in [3.63, 3.8) is 0 Å². The largest absolute Gasteiger partial charge is 0.338 e. The van der Waals surface area contributed by atoms with Crippen molar-refractivity contribution in [2.75, 3.05) is 13.1 Å². The average molecular weight is 447 g/mol. The summed E-state index contributed by atoms with van der Waals surface area (Å²) in [7, 11) is 0. The number of carbonyl (C=O) groups excluding carboxylic acids is 1. The van der Waals surface area contributed by atoms with Gasteiger partial charge in [0, 0.05) is 13.1 Å². The fourth-order valence-corrected chi connectivity index (χ4v) is 5.57. The van der Waals surface area contributed by atoms with Gasteiger partial charge in [-0.3, -0.25) is 4.79 Å². The normalized spacial score (nSPS) is 20.1. The van der Waals surface area contributed by atoms with Crippen molar-refractivity contribution in [3.05, 3.63) is 71.0 Å². The summed E-state index contributed by atoms with van der Waals surface area (Å²) in [5.41, 5.74) is 3.47. The lowest BCUT2D eigenvalue weighted by Gasteiger charge is -2.19. The third-order valence-corrected chi connectivity index (χ3v) is 7.29. The Morgan fingerprint density at radius 3 is 2.81 bits per heavy atom. The number of likely N-dealkylation sites (tertiary alicyclic amines) is 1. The quantitative estimate of drug-likeness (QED) is 0.477. The summed E-state index contributed by atoms with van der Waals surface area (Å²) in [5.74, 6) is 0.391. The summed E-state index contributed by atoms with van der Waals surface area (Å²) >= 11 is 1.65. The molecule has 1 aromatic carbocycles. The summed E-state index contributed by atoms with van der Waals surface area (Å²) in [6.07, 6.45) is 6.02. The van der Waals surface area contributed by atoms with Crippen LogP contribution in [-0.2, 0) is 0 Å². The minimum Gasteiger partial charge on any atom is -0.338 e. The predicted octanol–water partition coefficient (Wildman–Crippen LogP) is 3.90. The zero-order valence-electron chi connectivity index (χ0n) is 17.3. The van der Waals surface area contributed by atoms with Gasteiger partial charge in [0.1, 0.15) is 17.1 Å². The van der Waals surface area contributed by atoms with Gasteiger partial charge in [-0.05, 0) is 54.3 Å². The van der Waals surface area contributed by atoms with E-state index >= 15 is 0 Å². The molecule has 1 saturated heterocycles. The van der Waals surface area contributed by atoms with E-state index in [2.05, 4.69) is 16.3 Å². The molecule has 32 heavy (non-hydrogen) atoms. The SMILES string of the molecule is Cc1nc(C2=CC3CN(C(=O)c4c(F)cccc4-n4nccn4)CC3C2)nc2ccsc12. The predicted molar refractivity (Wildman–Crippen MR) is 119 cm³/mol. The number of carbonyl (C=O) groups is 1. The number of nitrogens with zero attached hydrogens (tertiary/aromatic N) is 6. The number of hydrogen-bond acceptors (Lipinski definition) is 6. The van der Waals surface area contributed by atoms with Crippen LogP contribution in [0.25, 0.3) is 21.5 Å². The van der Waals surface area contributed by atoms with Crippen molar-refractivity contribution in [1.29, 1.82) is 0 Å². The third kappa shape index (κ3) is 3.03. The molecule has 0 saturated carbocycles. The summed E-state index contributed by atoms with van der Waals surface area (Å²) in [6, 6.07) is 6.54. The van der Waals surface area contributed by atoms with E-state index in [0.717, 1.165) is 33.7 Å². The molecule has 3 aromatic heterocycles. The molecule has 0 bridgehead atoms. The lowest BCUT2D eigenvalue weighted by Crippen LogP contribution is -2.31. The summed E-state index contributed by atoms with van der Waals surface area (Å²) in [6.45, 7) is 3.14. The van der Waals surface area contributed by atoms with Gasteiger partial charge >= 0.3 is 0 Å². The van der Waals surface area contributed by atoms with E-state index in [-0.39, 0.29) is 23.3 Å². The van der Waals surface area contributed by atoms with E-state index < -0.39 is 5.82 Å². The molecular formula is C23H19FN6OS. The van der Waals surface area contributed by atoms with E-state index in [1.807, 2.05) is 18.4 Å². The van der Waals surface area contributed by atoms with Crippen LogP contribution in [0, 0.1) is 24.6 Å². The Hall–Kier alpha value is -3.46. The van der Waals surface area contributed by atoms with Crippen LogP contribution in [-0.4, -0.2) is 48.9 Å². The van der Waals surface area contributed by atoms with Crippen LogP contribution >= 0.6 is 11.3 Å². The molecule has 2 unspecified atom stereocenters. The Morgan fingerprint density at radius 1 is 1.16 bits per heavy atom. The van der Waals surface area contributed by atoms with Crippen LogP contribution in [0.1, 0.15) is 28.3 Å². The van der Waals surface area contributed by atoms with Crippen LogP contribution < -0.4 is 0 Å². The van der Waals surface area contributed by atoms with Gasteiger partial charge in [-0.2, -0.15) is 15.0 Å². The van der Waals surface area contributed by atoms with Gasteiger partial charge in [-0.15, -0.1) is 11.3 Å². The maximum Gasteiger partial charge on any atom is 0.259 e. The Balaban J connectivity index is 1.27. The number of benzene rings is 1. The van der Waals surface area contributed by atoms with Gasteiger partial charge in [0.15, 0.2) is 5.82 Å². The standard InChI is InChI=1S/C23H19FN6OS/c1-13-21-18(5-8-32-21)28-22(27-13)14-9-15-11-29(12-16(15)10-14)23(31)20-17(24)3-2-4-19(20)30-25-6-7-26-30/h2-9,15-16H,10-12H2,1H3. The molecule has 1 aliphatic carbocycles. The van der Waals surface area contributed by atoms with E-state index in [1.54, 1.807) is 28.4 Å². The number of allylic oxidation sites excluding steroid dienone is 1. The number of thiophene rings is 1. The zero-order valence-corrected chi connectivity index (χ0v) is 18.1. The highest BCUT2D eigenvalue weighted by molar-refractivity contribution is 7.17. The molecule has 4 aromatic rings. The second kappa shape index (κ2) is 7.30. The fraction of sp³-hybridized carbons (Fsp3) is 0.261. The lowest BCUT2D eigenvalue weighted by atomic mass is 10.00. The second-order valence-electron chi connectivity index (χ2n) is 8.25. The Kier molecular flexibility index (Phi) is 4.39. The van der Waals surface area contributed by atoms with Crippen molar-refractivity contribution in [2.24, 2.45) is 11.8 Å². The molecular weight excluding hydrogens is 427 g/mol. The number of aromatic nitrogens is 5. The molecule has 1 aliphatic heterocycles. The number of amides is 1. The second-order valence-corrected chi connectivity index (χ2v) is 9.17. The van der Waals surface area contributed by atoms with E-state index in [0.29, 0.717) is 18.8 Å². The topological polar surface area (TPSA) is 76.8 Å². The highest BCUT2D eigenvalue weighted by atomic mass is 32.1. The maximum atomic E-state index is 14.7. The van der Waals surface area contributed by atoms with Crippen molar-refractivity contribution in [3.8, 4) is 5.69 Å². The average Bonchev–Trinajstić information content (AvgIpc) is 3.56. The van der Waals surface area contributed by atoms with Gasteiger partial charge in [-0.1, -0.05) is 12.1 Å². The number of hydrogen-bond donors (Lipinski definition) is 0. The first-order valence-corrected chi connectivity index (χ1v) is 11.3. The highest BCUT2D eigenvalue weighted by Crippen LogP contribution is 2.41. The molecule has 1 amide bonds. The smallest absolute Gasteiger partial charge is 0.259 e. The molecule has 6 rings (SSSR count). The first kappa shape index (κ1) is 19.2. The monoisotopic (exact) mass is 446 g/mol. The minimum absolute atomic E-state index is 0.00902. The van der Waals surface area contributed by atoms with Gasteiger partial charge in [0.2, 0.25) is 0 Å². The van der Waals surface area contributed by atoms with E-state index in [9.17, 15) is 9.18 Å². The summed E-state index contributed by atoms with van der Waals surface area (Å²) in [5, 5.41) is 10.2. The van der Waals surface area contributed by atoms with E-state index in [1.165, 1.54) is 23.3 Å². The van der Waals surface area contributed by atoms with Crippen LogP contribution in [0.15, 0.2) is 48.1 Å². The molecule has 7 nitrogen and oxygen atoms in total. The van der Waals surface area contributed by atoms with E-state index in [4.69, 9.17) is 9.97 Å². The van der Waals surface area contributed by atoms with Crippen molar-refractivity contribution < 1.29 is 9.18 Å². The van der Waals surface area contributed by atoms with Crippen molar-refractivity contribution in [2.45, 2.75) is 13.3 Å². The molecule has 1 fully saturated rings.